The van der Waals surface area contributed by atoms with Crippen LogP contribution in [0.4, 0.5) is 31.8 Å². The van der Waals surface area contributed by atoms with Crippen molar-refractivity contribution in [3.05, 3.63) is 65.8 Å². The molecule has 3 fully saturated rings. The second-order valence-electron chi connectivity index (χ2n) is 16.4. The van der Waals surface area contributed by atoms with Crippen LogP contribution in [0.2, 0.25) is 0 Å². The molecule has 0 radical (unpaired) electrons. The Balaban J connectivity index is 1.10. The van der Waals surface area contributed by atoms with Crippen molar-refractivity contribution in [1.82, 2.24) is 20.3 Å². The number of aromatic nitrogens is 3. The number of aliphatic hydroxyl groups excluding tert-OH is 1. The Morgan fingerprint density at radius 3 is 2.79 bits per heavy atom. The predicted molar refractivity (Wildman–Crippen MR) is 217 cm³/mol. The third-order valence-electron chi connectivity index (χ3n) is 12.1. The van der Waals surface area contributed by atoms with Crippen molar-refractivity contribution in [2.45, 2.75) is 88.3 Å². The maximum atomic E-state index is 15.4. The molecular weight excluding hydrogens is 747 g/mol. The number of alkyl halides is 1. The number of nitrogens with one attached hydrogen (secondary N) is 1. The van der Waals surface area contributed by atoms with Gasteiger partial charge in [-0.2, -0.15) is 9.97 Å². The van der Waals surface area contributed by atoms with E-state index in [0.717, 1.165) is 42.9 Å². The molecule has 7 heterocycles. The van der Waals surface area contributed by atoms with Gasteiger partial charge in [0, 0.05) is 51.5 Å². The number of halogens is 2. The summed E-state index contributed by atoms with van der Waals surface area (Å²) in [4.78, 5) is 35.3. The van der Waals surface area contributed by atoms with Gasteiger partial charge in [0.15, 0.2) is 11.6 Å². The number of carbonyl (C=O) groups excluding carboxylic acids is 1. The number of β-amino-alcohol motifs (C(OH)–C–C–N with tert-alkyl or cyclic N) is 1. The monoisotopic (exact) mass is 798 g/mol. The van der Waals surface area contributed by atoms with Gasteiger partial charge in [-0.25, -0.2) is 13.8 Å². The zero-order chi connectivity index (χ0) is 40.6. The fourth-order valence-electron chi connectivity index (χ4n) is 9.23. The van der Waals surface area contributed by atoms with E-state index in [1.165, 1.54) is 12.1 Å². The molecule has 308 valence electrons. The zero-order valence-electron chi connectivity index (χ0n) is 33.2. The van der Waals surface area contributed by atoms with Crippen LogP contribution in [0.3, 0.4) is 0 Å². The third kappa shape index (κ3) is 7.96. The maximum absolute atomic E-state index is 15.4. The van der Waals surface area contributed by atoms with Crippen LogP contribution in [0.1, 0.15) is 56.4 Å². The lowest BCUT2D eigenvalue weighted by molar-refractivity contribution is -0.117. The first-order valence-corrected chi connectivity index (χ1v) is 20.3. The van der Waals surface area contributed by atoms with Crippen LogP contribution in [0, 0.1) is 18.2 Å². The van der Waals surface area contributed by atoms with Gasteiger partial charge in [0.2, 0.25) is 5.91 Å². The summed E-state index contributed by atoms with van der Waals surface area (Å²) in [5.74, 6) is 3.69. The van der Waals surface area contributed by atoms with Gasteiger partial charge in [-0.1, -0.05) is 18.6 Å². The van der Waals surface area contributed by atoms with E-state index in [1.807, 2.05) is 28.9 Å². The number of benzene rings is 1. The van der Waals surface area contributed by atoms with E-state index in [9.17, 15) is 9.90 Å². The predicted octanol–water partition coefficient (Wildman–Crippen LogP) is 3.99. The number of pyridine rings is 1. The average Bonchev–Trinajstić information content (AvgIpc) is 3.35. The molecule has 1 amide bonds. The van der Waals surface area contributed by atoms with Crippen LogP contribution >= 0.6 is 0 Å². The number of terminal acetylenes is 1. The number of hydrogen-bond donors (Lipinski definition) is 2. The Morgan fingerprint density at radius 1 is 1.16 bits per heavy atom. The highest BCUT2D eigenvalue weighted by Gasteiger charge is 2.44. The largest absolute Gasteiger partial charge is 0.486 e. The minimum absolute atomic E-state index is 0.0900. The number of ether oxygens (including phenoxy) is 3. The van der Waals surface area contributed by atoms with E-state index >= 15 is 8.78 Å². The van der Waals surface area contributed by atoms with E-state index in [0.29, 0.717) is 62.1 Å². The Hall–Kier alpha value is -5.20. The van der Waals surface area contributed by atoms with Crippen molar-refractivity contribution in [3.63, 3.8) is 0 Å². The lowest BCUT2D eigenvalue weighted by Gasteiger charge is -2.42. The second kappa shape index (κ2) is 16.6. The number of fused-ring (bicyclic) bond motifs is 2. The summed E-state index contributed by atoms with van der Waals surface area (Å²) in [5.41, 5.74) is 2.13. The minimum Gasteiger partial charge on any atom is -0.486 e. The number of morpholine rings is 1. The summed E-state index contributed by atoms with van der Waals surface area (Å²) in [6, 6.07) is 6.80. The molecular formula is C43H52F2N8O5. The van der Waals surface area contributed by atoms with Crippen molar-refractivity contribution in [1.29, 1.82) is 0 Å². The van der Waals surface area contributed by atoms with Crippen LogP contribution < -0.4 is 34.4 Å². The first kappa shape index (κ1) is 39.6. The molecule has 1 aromatic carbocycles. The first-order chi connectivity index (χ1) is 28.0. The fraction of sp³-hybridized carbons (Fsp3) is 0.535. The van der Waals surface area contributed by atoms with Gasteiger partial charge in [-0.15, -0.1) is 6.42 Å². The van der Waals surface area contributed by atoms with Crippen molar-refractivity contribution >= 4 is 28.9 Å². The molecule has 15 heteroatoms. The third-order valence-corrected chi connectivity index (χ3v) is 12.1. The molecule has 2 aromatic heterocycles. The summed E-state index contributed by atoms with van der Waals surface area (Å²) in [5, 5.41) is 14.0. The van der Waals surface area contributed by atoms with Gasteiger partial charge in [-0.05, 0) is 62.9 Å². The molecule has 3 saturated heterocycles. The standard InChI is InChI=1S/C43H52F2N8O5/c1-5-34-35(45)12-10-28-17-33(54)23-52(39(28)34)32-18-36-40(57-25-32)41(50-14-8-7-9-30(22-50)47-38(55)6-2)49-42(48-36)58-26-43(4)19-29(44)21-53(43)31-11-13-37(46-20-31)51-15-16-56-24-27(51)3/h1,6,10-13,20,27,29-30,32-33,54H,2,7-9,14-19,21-26H2,3-4H3,(H,47,55)/t27-,29-,30?,32+,33+,43+/m1/s1. The van der Waals surface area contributed by atoms with Crippen LogP contribution in [-0.2, 0) is 22.4 Å². The maximum Gasteiger partial charge on any atom is 0.318 e. The molecule has 2 N–H and O–H groups in total. The van der Waals surface area contributed by atoms with Gasteiger partial charge in [0.05, 0.1) is 72.3 Å². The molecule has 3 aromatic rings. The molecule has 8 rings (SSSR count). The summed E-state index contributed by atoms with van der Waals surface area (Å²) < 4.78 is 49.1. The normalized spacial score (nSPS) is 27.1. The van der Waals surface area contributed by atoms with Crippen LogP contribution in [-0.4, -0.2) is 121 Å². The number of hydrogen-bond acceptors (Lipinski definition) is 12. The molecule has 6 atom stereocenters. The molecule has 5 aliphatic rings. The number of carbonyl (C=O) groups is 1. The van der Waals surface area contributed by atoms with Gasteiger partial charge < -0.3 is 44.2 Å². The topological polar surface area (TPSA) is 129 Å². The Morgan fingerprint density at radius 2 is 2.02 bits per heavy atom. The van der Waals surface area contributed by atoms with E-state index in [2.05, 4.69) is 34.5 Å². The zero-order valence-corrected chi connectivity index (χ0v) is 33.2. The van der Waals surface area contributed by atoms with E-state index in [4.69, 9.17) is 35.6 Å². The van der Waals surface area contributed by atoms with Crippen molar-refractivity contribution in [2.75, 3.05) is 78.8 Å². The van der Waals surface area contributed by atoms with Crippen molar-refractivity contribution in [3.8, 4) is 24.1 Å². The summed E-state index contributed by atoms with van der Waals surface area (Å²) in [6.45, 7) is 11.6. The van der Waals surface area contributed by atoms with Crippen molar-refractivity contribution < 1.29 is 32.9 Å². The second-order valence-corrected chi connectivity index (χ2v) is 16.4. The minimum atomic E-state index is -1.08. The highest BCUT2D eigenvalue weighted by molar-refractivity contribution is 5.87. The van der Waals surface area contributed by atoms with Gasteiger partial charge in [-0.3, -0.25) is 4.79 Å². The number of anilines is 4. The fourth-order valence-corrected chi connectivity index (χ4v) is 9.23. The average molecular weight is 799 g/mol. The Kier molecular flexibility index (Phi) is 11.3. The van der Waals surface area contributed by atoms with Crippen LogP contribution in [0.5, 0.6) is 11.8 Å². The molecule has 0 saturated carbocycles. The number of nitrogens with zero attached hydrogens (tertiary/aromatic N) is 7. The highest BCUT2D eigenvalue weighted by atomic mass is 19.1. The highest BCUT2D eigenvalue weighted by Crippen LogP contribution is 2.41. The molecule has 0 spiro atoms. The van der Waals surface area contributed by atoms with Crippen LogP contribution in [0.25, 0.3) is 0 Å². The van der Waals surface area contributed by atoms with E-state index in [-0.39, 0.29) is 68.3 Å². The Labute approximate surface area is 338 Å². The quantitative estimate of drug-likeness (QED) is 0.240. The molecule has 5 aliphatic heterocycles. The molecule has 1 unspecified atom stereocenters. The van der Waals surface area contributed by atoms with Gasteiger partial charge >= 0.3 is 6.01 Å². The van der Waals surface area contributed by atoms with Gasteiger partial charge in [0.25, 0.3) is 0 Å². The summed E-state index contributed by atoms with van der Waals surface area (Å²) >= 11 is 0. The van der Waals surface area contributed by atoms with E-state index < -0.39 is 23.6 Å². The van der Waals surface area contributed by atoms with Gasteiger partial charge in [0.1, 0.15) is 31.0 Å². The lowest BCUT2D eigenvalue weighted by Crippen LogP contribution is -2.50. The molecule has 0 bridgehead atoms. The lowest BCUT2D eigenvalue weighted by atomic mass is 9.93. The SMILES string of the molecule is C#Cc1c(F)ccc2c1N([C@@H]1COc3c(nc(OC[C@]4(C)C[C@@H](F)CN4c4ccc(N5CCOC[C@H]5C)nc4)nc3N3CCCCC(NC(=O)C=C)C3)C1)C[C@@H](O)C2. The molecule has 13 nitrogen and oxygen atoms in total. The first-order valence-electron chi connectivity index (χ1n) is 20.3. The van der Waals surface area contributed by atoms with Crippen LogP contribution in [0.15, 0.2) is 43.1 Å². The van der Waals surface area contributed by atoms with Crippen molar-refractivity contribution in [2.24, 2.45) is 0 Å². The Bertz CT molecular complexity index is 2050. The smallest absolute Gasteiger partial charge is 0.318 e. The summed E-state index contributed by atoms with van der Waals surface area (Å²) in [6.07, 6.45) is 10.7. The molecule has 58 heavy (non-hydrogen) atoms. The number of aliphatic hydroxyl groups is 1. The summed E-state index contributed by atoms with van der Waals surface area (Å²) in [7, 11) is 0. The number of amides is 1. The molecule has 0 aliphatic carbocycles. The number of rotatable bonds is 9. The van der Waals surface area contributed by atoms with E-state index in [1.54, 1.807) is 12.3 Å².